The van der Waals surface area contributed by atoms with Crippen molar-refractivity contribution in [2.45, 2.75) is 20.0 Å². The number of anilines is 1. The topological polar surface area (TPSA) is 114 Å². The van der Waals surface area contributed by atoms with Crippen LogP contribution < -0.4 is 10.1 Å². The van der Waals surface area contributed by atoms with E-state index < -0.39 is 12.0 Å². The van der Waals surface area contributed by atoms with Gasteiger partial charge in [0.25, 0.3) is 17.8 Å². The van der Waals surface area contributed by atoms with Crippen LogP contribution in [0.4, 0.5) is 5.82 Å². The van der Waals surface area contributed by atoms with Crippen LogP contribution in [-0.4, -0.2) is 57.8 Å². The highest BCUT2D eigenvalue weighted by Gasteiger charge is 2.35. The summed E-state index contributed by atoms with van der Waals surface area (Å²) in [4.78, 5) is 33.4. The molecule has 10 nitrogen and oxygen atoms in total. The second-order valence-electron chi connectivity index (χ2n) is 6.63. The predicted octanol–water partition coefficient (Wildman–Crippen LogP) is 1.29. The number of nitrogens with one attached hydrogen (secondary N) is 1. The van der Waals surface area contributed by atoms with Crippen molar-refractivity contribution in [3.8, 4) is 5.75 Å². The number of aromatic nitrogens is 2. The highest BCUT2D eigenvalue weighted by atomic mass is 16.5. The maximum Gasteiger partial charge on any atom is 0.266 e. The molecule has 0 bridgehead atoms. The third kappa shape index (κ3) is 3.64. The molecule has 2 amide bonds. The summed E-state index contributed by atoms with van der Waals surface area (Å²) in [5, 5.41) is 12.7. The lowest BCUT2D eigenvalue weighted by Gasteiger charge is -2.18. The number of hydrazone groups is 1. The first-order valence-electron chi connectivity index (χ1n) is 9.01. The minimum absolute atomic E-state index is 0.0682. The van der Waals surface area contributed by atoms with Gasteiger partial charge in [-0.3, -0.25) is 14.6 Å². The van der Waals surface area contributed by atoms with Crippen molar-refractivity contribution in [1.29, 1.82) is 0 Å². The molecule has 1 N–H and O–H groups in total. The number of amidine groups is 1. The molecule has 4 rings (SSSR count). The second-order valence-corrected chi connectivity index (χ2v) is 6.63. The quantitative estimate of drug-likeness (QED) is 0.841. The fourth-order valence-corrected chi connectivity index (χ4v) is 2.93. The Morgan fingerprint density at radius 3 is 2.76 bits per heavy atom. The van der Waals surface area contributed by atoms with Crippen molar-refractivity contribution in [2.75, 3.05) is 12.4 Å². The minimum Gasteiger partial charge on any atom is -0.481 e. The van der Waals surface area contributed by atoms with Gasteiger partial charge in [-0.1, -0.05) is 18.2 Å². The van der Waals surface area contributed by atoms with E-state index in [0.29, 0.717) is 23.1 Å². The van der Waals surface area contributed by atoms with Crippen LogP contribution >= 0.6 is 0 Å². The van der Waals surface area contributed by atoms with Gasteiger partial charge in [-0.05, 0) is 26.0 Å². The molecule has 148 valence electrons. The molecule has 3 heterocycles. The Balaban J connectivity index is 1.55. The molecule has 2 aromatic rings. The van der Waals surface area contributed by atoms with Gasteiger partial charge in [0.2, 0.25) is 0 Å². The van der Waals surface area contributed by atoms with E-state index >= 15 is 0 Å². The average molecular weight is 393 g/mol. The molecule has 0 radical (unpaired) electrons. The third-order valence-corrected chi connectivity index (χ3v) is 4.39. The minimum atomic E-state index is -0.749. The average Bonchev–Trinajstić information content (AvgIpc) is 3.25. The standard InChI is InChI=1S/C19H19N7O3/c1-11-9-15(21-17(27)12(2)29-13-7-5-4-6-8-13)26(24-11)19-22-16-14(18(28)23-19)10-20-25(16)3/h4-10,12,14H,1-3H3,(H,21,27). The van der Waals surface area contributed by atoms with E-state index in [9.17, 15) is 9.59 Å². The van der Waals surface area contributed by atoms with Crippen molar-refractivity contribution in [3.63, 3.8) is 0 Å². The lowest BCUT2D eigenvalue weighted by Crippen LogP contribution is -2.36. The third-order valence-electron chi connectivity index (χ3n) is 4.39. The lowest BCUT2D eigenvalue weighted by molar-refractivity contribution is -0.122. The second kappa shape index (κ2) is 7.30. The van der Waals surface area contributed by atoms with Gasteiger partial charge in [0.15, 0.2) is 6.10 Å². The zero-order valence-corrected chi connectivity index (χ0v) is 16.1. The summed E-state index contributed by atoms with van der Waals surface area (Å²) >= 11 is 0. The maximum absolute atomic E-state index is 12.6. The van der Waals surface area contributed by atoms with Crippen LogP contribution in [0.3, 0.4) is 0 Å². The first kappa shape index (κ1) is 18.5. The number of ether oxygens (including phenoxy) is 1. The van der Waals surface area contributed by atoms with Crippen molar-refractivity contribution in [2.24, 2.45) is 21.0 Å². The molecule has 1 aromatic carbocycles. The summed E-state index contributed by atoms with van der Waals surface area (Å²) < 4.78 is 6.98. The molecule has 2 atom stereocenters. The fraction of sp³-hybridized carbons (Fsp3) is 0.263. The van der Waals surface area contributed by atoms with Crippen LogP contribution in [0.1, 0.15) is 12.6 Å². The molecule has 2 aliphatic heterocycles. The highest BCUT2D eigenvalue weighted by Crippen LogP contribution is 2.20. The van der Waals surface area contributed by atoms with Gasteiger partial charge in [0.05, 0.1) is 5.69 Å². The number of rotatable bonds is 4. The van der Waals surface area contributed by atoms with Crippen LogP contribution in [0.25, 0.3) is 0 Å². The number of amides is 2. The zero-order chi connectivity index (χ0) is 20.5. The van der Waals surface area contributed by atoms with Crippen LogP contribution in [0, 0.1) is 12.8 Å². The number of hydrogen-bond acceptors (Lipinski definition) is 7. The maximum atomic E-state index is 12.6. The molecule has 10 heteroatoms. The molecule has 2 unspecified atom stereocenters. The molecular formula is C19H19N7O3. The number of carbonyl (C=O) groups excluding carboxylic acids is 2. The summed E-state index contributed by atoms with van der Waals surface area (Å²) in [7, 11) is 1.70. The fourth-order valence-electron chi connectivity index (χ4n) is 2.93. The number of benzene rings is 1. The SMILES string of the molecule is Cc1cc(NC(=O)C(C)Oc2ccccc2)n(C2=NC(=O)C3C=NN(C)C3=N2)n1. The summed E-state index contributed by atoms with van der Waals surface area (Å²) in [5.74, 6) is 0.118. The Morgan fingerprint density at radius 1 is 1.24 bits per heavy atom. The van der Waals surface area contributed by atoms with E-state index in [-0.39, 0.29) is 17.8 Å². The van der Waals surface area contributed by atoms with Gasteiger partial charge in [-0.15, -0.1) is 0 Å². The van der Waals surface area contributed by atoms with E-state index in [1.54, 1.807) is 39.1 Å². The summed E-state index contributed by atoms with van der Waals surface area (Å²) in [6, 6.07) is 10.7. The van der Waals surface area contributed by atoms with Crippen molar-refractivity contribution in [1.82, 2.24) is 14.8 Å². The Bertz CT molecular complexity index is 1060. The van der Waals surface area contributed by atoms with Gasteiger partial charge in [-0.2, -0.15) is 24.9 Å². The first-order valence-corrected chi connectivity index (χ1v) is 9.01. The molecule has 0 fully saturated rings. The molecule has 29 heavy (non-hydrogen) atoms. The Kier molecular flexibility index (Phi) is 4.67. The van der Waals surface area contributed by atoms with Crippen molar-refractivity contribution >= 4 is 35.6 Å². The highest BCUT2D eigenvalue weighted by molar-refractivity contribution is 6.24. The lowest BCUT2D eigenvalue weighted by atomic mass is 10.1. The smallest absolute Gasteiger partial charge is 0.266 e. The summed E-state index contributed by atoms with van der Waals surface area (Å²) in [6.45, 7) is 3.41. The number of hydrogen-bond donors (Lipinski definition) is 1. The Labute approximate surface area is 166 Å². The van der Waals surface area contributed by atoms with Gasteiger partial charge in [0.1, 0.15) is 23.3 Å². The van der Waals surface area contributed by atoms with Gasteiger partial charge in [0, 0.05) is 19.3 Å². The van der Waals surface area contributed by atoms with Gasteiger partial charge >= 0.3 is 0 Å². The molecule has 0 spiro atoms. The van der Waals surface area contributed by atoms with E-state index in [0.717, 1.165) is 0 Å². The first-order chi connectivity index (χ1) is 13.9. The molecule has 2 aliphatic rings. The molecule has 1 aromatic heterocycles. The van der Waals surface area contributed by atoms with E-state index in [1.807, 2.05) is 18.2 Å². The normalized spacial score (nSPS) is 18.8. The van der Waals surface area contributed by atoms with Crippen molar-refractivity contribution < 1.29 is 14.3 Å². The predicted molar refractivity (Wildman–Crippen MR) is 107 cm³/mol. The molecule has 0 saturated heterocycles. The summed E-state index contributed by atoms with van der Waals surface area (Å²) in [5.41, 5.74) is 0.630. The molecule has 0 aliphatic carbocycles. The number of aliphatic imine (C=N–C) groups is 2. The largest absolute Gasteiger partial charge is 0.481 e. The number of aryl methyl sites for hydroxylation is 1. The Morgan fingerprint density at radius 2 is 2.00 bits per heavy atom. The number of para-hydroxylation sites is 1. The summed E-state index contributed by atoms with van der Waals surface area (Å²) in [6.07, 6.45) is 0.752. The molecule has 0 saturated carbocycles. The van der Waals surface area contributed by atoms with Crippen molar-refractivity contribution in [3.05, 3.63) is 42.1 Å². The number of nitrogens with zero attached hydrogens (tertiary/aromatic N) is 6. The monoisotopic (exact) mass is 393 g/mol. The van der Waals surface area contributed by atoms with E-state index in [4.69, 9.17) is 4.74 Å². The van der Waals surface area contributed by atoms with Crippen LogP contribution in [0.15, 0.2) is 51.5 Å². The van der Waals surface area contributed by atoms with Gasteiger partial charge in [-0.25, -0.2) is 0 Å². The Hall–Kier alpha value is -3.82. The zero-order valence-electron chi connectivity index (χ0n) is 16.1. The van der Waals surface area contributed by atoms with Crippen LogP contribution in [0.5, 0.6) is 5.75 Å². The number of carbonyl (C=O) groups is 2. The van der Waals surface area contributed by atoms with Crippen LogP contribution in [0.2, 0.25) is 0 Å². The van der Waals surface area contributed by atoms with E-state index in [1.165, 1.54) is 15.9 Å². The van der Waals surface area contributed by atoms with Gasteiger partial charge < -0.3 is 10.1 Å². The number of fused-ring (bicyclic) bond motifs is 1. The molecular weight excluding hydrogens is 374 g/mol. The van der Waals surface area contributed by atoms with Crippen LogP contribution in [-0.2, 0) is 9.59 Å². The van der Waals surface area contributed by atoms with E-state index in [2.05, 4.69) is 25.5 Å².